The fourth-order valence-corrected chi connectivity index (χ4v) is 1.88. The van der Waals surface area contributed by atoms with Crippen molar-refractivity contribution in [1.82, 2.24) is 5.32 Å². The van der Waals surface area contributed by atoms with Crippen LogP contribution in [0, 0.1) is 5.92 Å². The van der Waals surface area contributed by atoms with E-state index in [1.165, 1.54) is 0 Å². The van der Waals surface area contributed by atoms with E-state index in [0.29, 0.717) is 5.92 Å². The zero-order chi connectivity index (χ0) is 15.3. The van der Waals surface area contributed by atoms with E-state index in [-0.39, 0.29) is 11.8 Å². The van der Waals surface area contributed by atoms with Gasteiger partial charge in [0.2, 0.25) is 5.91 Å². The minimum atomic E-state index is -0.699. The highest BCUT2D eigenvalue weighted by Crippen LogP contribution is 2.19. The molecule has 0 aromatic heterocycles. The van der Waals surface area contributed by atoms with Crippen molar-refractivity contribution in [2.24, 2.45) is 11.7 Å². The van der Waals surface area contributed by atoms with Crippen molar-refractivity contribution in [2.75, 3.05) is 5.32 Å². The molecule has 4 N–H and O–H groups in total. The molecule has 1 aromatic rings. The van der Waals surface area contributed by atoms with Crippen LogP contribution in [0.15, 0.2) is 24.3 Å². The summed E-state index contributed by atoms with van der Waals surface area (Å²) in [6.45, 7) is 7.88. The summed E-state index contributed by atoms with van der Waals surface area (Å²) in [7, 11) is 0. The molecule has 5 heteroatoms. The fourth-order valence-electron chi connectivity index (χ4n) is 1.88. The third-order valence-electron chi connectivity index (χ3n) is 3.07. The van der Waals surface area contributed by atoms with Gasteiger partial charge >= 0.3 is 6.03 Å². The van der Waals surface area contributed by atoms with Gasteiger partial charge in [-0.1, -0.05) is 39.8 Å². The van der Waals surface area contributed by atoms with Gasteiger partial charge in [0.05, 0.1) is 0 Å². The van der Waals surface area contributed by atoms with Gasteiger partial charge in [0.15, 0.2) is 0 Å². The molecule has 1 atom stereocenters. The summed E-state index contributed by atoms with van der Waals surface area (Å²) in [6, 6.07) is 6.33. The highest BCUT2D eigenvalue weighted by molar-refractivity contribution is 5.97. The van der Waals surface area contributed by atoms with Gasteiger partial charge in [-0.15, -0.1) is 0 Å². The first kappa shape index (κ1) is 16.0. The maximum Gasteiger partial charge on any atom is 0.312 e. The minimum Gasteiger partial charge on any atom is -0.352 e. The zero-order valence-electron chi connectivity index (χ0n) is 12.4. The zero-order valence-corrected chi connectivity index (χ0v) is 12.4. The first-order valence-electron chi connectivity index (χ1n) is 6.78. The second kappa shape index (κ2) is 6.93. The lowest BCUT2D eigenvalue weighted by Gasteiger charge is -2.21. The normalized spacial score (nSPS) is 12.3. The molecule has 110 valence electrons. The highest BCUT2D eigenvalue weighted by atomic mass is 16.2. The number of carbonyl (C=O) groups is 2. The van der Waals surface area contributed by atoms with Gasteiger partial charge in [-0.05, 0) is 29.5 Å². The molecule has 0 aliphatic carbocycles. The molecule has 0 fully saturated rings. The Labute approximate surface area is 119 Å². The summed E-state index contributed by atoms with van der Waals surface area (Å²) in [5.41, 5.74) is 6.96. The third kappa shape index (κ3) is 4.57. The molecule has 0 aliphatic heterocycles. The molecule has 3 amide bonds. The first-order chi connectivity index (χ1) is 9.31. The Hall–Kier alpha value is -2.04. The number of benzene rings is 1. The van der Waals surface area contributed by atoms with Crippen LogP contribution in [-0.4, -0.2) is 18.0 Å². The van der Waals surface area contributed by atoms with E-state index in [4.69, 9.17) is 5.73 Å². The average molecular weight is 277 g/mol. The molecular formula is C15H23N3O2. The van der Waals surface area contributed by atoms with Crippen molar-refractivity contribution in [3.63, 3.8) is 0 Å². The molecule has 0 unspecified atom stereocenters. The number of carbonyl (C=O) groups excluding carboxylic acids is 2. The summed E-state index contributed by atoms with van der Waals surface area (Å²) in [5, 5.41) is 5.28. The third-order valence-corrected chi connectivity index (χ3v) is 3.07. The number of rotatable bonds is 5. The summed E-state index contributed by atoms with van der Waals surface area (Å²) in [6.07, 6.45) is 0. The van der Waals surface area contributed by atoms with Gasteiger partial charge < -0.3 is 16.4 Å². The molecule has 0 spiro atoms. The lowest BCUT2D eigenvalue weighted by Crippen LogP contribution is -2.49. The van der Waals surface area contributed by atoms with Crippen molar-refractivity contribution in [1.29, 1.82) is 0 Å². The second-order valence-electron chi connectivity index (χ2n) is 5.50. The van der Waals surface area contributed by atoms with Crippen molar-refractivity contribution in [2.45, 2.75) is 39.7 Å². The highest BCUT2D eigenvalue weighted by Gasteiger charge is 2.23. The fraction of sp³-hybridized carbons (Fsp3) is 0.467. The largest absolute Gasteiger partial charge is 0.352 e. The van der Waals surface area contributed by atoms with Crippen LogP contribution in [0.1, 0.15) is 39.2 Å². The van der Waals surface area contributed by atoms with Crippen LogP contribution in [0.25, 0.3) is 0 Å². The van der Waals surface area contributed by atoms with E-state index in [1.807, 2.05) is 38.1 Å². The van der Waals surface area contributed by atoms with Crippen LogP contribution < -0.4 is 16.4 Å². The van der Waals surface area contributed by atoms with Crippen LogP contribution >= 0.6 is 0 Å². The summed E-state index contributed by atoms with van der Waals surface area (Å²) in [4.78, 5) is 23.1. The Morgan fingerprint density at radius 3 is 2.30 bits per heavy atom. The quantitative estimate of drug-likeness (QED) is 0.772. The Bertz CT molecular complexity index is 484. The maximum atomic E-state index is 12.2. The molecule has 0 saturated heterocycles. The summed E-state index contributed by atoms with van der Waals surface area (Å²) < 4.78 is 0. The SMILES string of the molecule is CC(C)c1cccc(NC(=O)[C@H](NC(N)=O)C(C)C)c1. The van der Waals surface area contributed by atoms with Crippen LogP contribution in [-0.2, 0) is 4.79 Å². The van der Waals surface area contributed by atoms with Crippen molar-refractivity contribution in [3.8, 4) is 0 Å². The lowest BCUT2D eigenvalue weighted by atomic mass is 10.0. The molecule has 1 aromatic carbocycles. The van der Waals surface area contributed by atoms with Crippen LogP contribution in [0.4, 0.5) is 10.5 Å². The van der Waals surface area contributed by atoms with Crippen LogP contribution in [0.3, 0.4) is 0 Å². The molecular weight excluding hydrogens is 254 g/mol. The van der Waals surface area contributed by atoms with E-state index in [1.54, 1.807) is 0 Å². The first-order valence-corrected chi connectivity index (χ1v) is 6.78. The summed E-state index contributed by atoms with van der Waals surface area (Å²) in [5.74, 6) is 0.0759. The average Bonchev–Trinajstić information content (AvgIpc) is 2.35. The molecule has 20 heavy (non-hydrogen) atoms. The number of nitrogens with one attached hydrogen (secondary N) is 2. The lowest BCUT2D eigenvalue weighted by molar-refractivity contribution is -0.118. The van der Waals surface area contributed by atoms with E-state index in [9.17, 15) is 9.59 Å². The molecule has 0 saturated carbocycles. The number of primary amides is 1. The van der Waals surface area contributed by atoms with E-state index in [0.717, 1.165) is 11.3 Å². The molecule has 0 bridgehead atoms. The number of anilines is 1. The van der Waals surface area contributed by atoms with Gasteiger partial charge in [-0.3, -0.25) is 4.79 Å². The topological polar surface area (TPSA) is 84.2 Å². The minimum absolute atomic E-state index is 0.0456. The molecule has 0 heterocycles. The van der Waals surface area contributed by atoms with E-state index >= 15 is 0 Å². The van der Waals surface area contributed by atoms with E-state index < -0.39 is 12.1 Å². The summed E-state index contributed by atoms with van der Waals surface area (Å²) >= 11 is 0. The second-order valence-corrected chi connectivity index (χ2v) is 5.50. The van der Waals surface area contributed by atoms with Gasteiger partial charge in [0.1, 0.15) is 6.04 Å². The van der Waals surface area contributed by atoms with Crippen molar-refractivity contribution < 1.29 is 9.59 Å². The molecule has 5 nitrogen and oxygen atoms in total. The molecule has 0 radical (unpaired) electrons. The van der Waals surface area contributed by atoms with Crippen LogP contribution in [0.2, 0.25) is 0 Å². The van der Waals surface area contributed by atoms with Crippen molar-refractivity contribution in [3.05, 3.63) is 29.8 Å². The Kier molecular flexibility index (Phi) is 5.55. The monoisotopic (exact) mass is 277 g/mol. The predicted octanol–water partition coefficient (Wildman–Crippen LogP) is 2.44. The van der Waals surface area contributed by atoms with Crippen LogP contribution in [0.5, 0.6) is 0 Å². The van der Waals surface area contributed by atoms with Gasteiger partial charge in [-0.2, -0.15) is 0 Å². The van der Waals surface area contributed by atoms with Crippen molar-refractivity contribution >= 4 is 17.6 Å². The standard InChI is InChI=1S/C15H23N3O2/c1-9(2)11-6-5-7-12(8-11)17-14(19)13(10(3)4)18-15(16)20/h5-10,13H,1-4H3,(H,17,19)(H3,16,18,20)/t13-/m1/s1. The smallest absolute Gasteiger partial charge is 0.312 e. The van der Waals surface area contributed by atoms with E-state index in [2.05, 4.69) is 24.5 Å². The Morgan fingerprint density at radius 2 is 1.80 bits per heavy atom. The van der Waals surface area contributed by atoms with Gasteiger partial charge in [0, 0.05) is 5.69 Å². The molecule has 0 aliphatic rings. The number of amides is 3. The number of hydrogen-bond acceptors (Lipinski definition) is 2. The van der Waals surface area contributed by atoms with Gasteiger partial charge in [-0.25, -0.2) is 4.79 Å². The Morgan fingerprint density at radius 1 is 1.15 bits per heavy atom. The molecule has 1 rings (SSSR count). The van der Waals surface area contributed by atoms with Gasteiger partial charge in [0.25, 0.3) is 0 Å². The number of nitrogens with two attached hydrogens (primary N) is 1. The number of hydrogen-bond donors (Lipinski definition) is 3. The Balaban J connectivity index is 2.82. The maximum absolute atomic E-state index is 12.2. The number of urea groups is 1. The predicted molar refractivity (Wildman–Crippen MR) is 80.5 cm³/mol.